The molecule has 15 heavy (non-hydrogen) atoms. The summed E-state index contributed by atoms with van der Waals surface area (Å²) < 4.78 is 0. The Balaban J connectivity index is 3.38. The summed E-state index contributed by atoms with van der Waals surface area (Å²) in [6.45, 7) is 7.49. The van der Waals surface area contributed by atoms with Crippen LogP contribution in [0.25, 0.3) is 0 Å². The van der Waals surface area contributed by atoms with Crippen molar-refractivity contribution in [2.75, 3.05) is 19.6 Å². The summed E-state index contributed by atoms with van der Waals surface area (Å²) >= 11 is 0. The normalized spacial score (nSPS) is 12.9. The second kappa shape index (κ2) is 8.68. The molecule has 0 aromatic carbocycles. The van der Waals surface area contributed by atoms with Crippen LogP contribution in [0, 0.1) is 5.92 Å². The van der Waals surface area contributed by atoms with E-state index in [-0.39, 0.29) is 24.5 Å². The van der Waals surface area contributed by atoms with E-state index in [1.54, 1.807) is 0 Å². The van der Waals surface area contributed by atoms with Crippen molar-refractivity contribution in [3.63, 3.8) is 0 Å². The first kappa shape index (κ1) is 14.4. The van der Waals surface area contributed by atoms with Crippen LogP contribution < -0.4 is 10.6 Å². The van der Waals surface area contributed by atoms with Crippen LogP contribution in [0.5, 0.6) is 0 Å². The molecule has 0 heterocycles. The average Bonchev–Trinajstić information content (AvgIpc) is 2.18. The molecule has 3 N–H and O–H groups in total. The number of carbonyl (C=O) groups is 1. The molecule has 0 aliphatic carbocycles. The number of hydrogen-bond acceptors (Lipinski definition) is 3. The Morgan fingerprint density at radius 2 is 2.07 bits per heavy atom. The number of nitrogens with one attached hydrogen (secondary N) is 2. The molecule has 0 aliphatic heterocycles. The topological polar surface area (TPSA) is 61.4 Å². The van der Waals surface area contributed by atoms with Crippen LogP contribution in [0.15, 0.2) is 0 Å². The Bertz CT molecular complexity index is 172. The van der Waals surface area contributed by atoms with Crippen LogP contribution in [0.3, 0.4) is 0 Å². The molecule has 1 amide bonds. The van der Waals surface area contributed by atoms with Gasteiger partial charge in [0.05, 0.1) is 12.6 Å². The molecule has 0 aromatic rings. The molecule has 0 aromatic heterocycles. The van der Waals surface area contributed by atoms with Crippen molar-refractivity contribution in [3.8, 4) is 0 Å². The Morgan fingerprint density at radius 1 is 1.40 bits per heavy atom. The third-order valence-corrected chi connectivity index (χ3v) is 2.26. The van der Waals surface area contributed by atoms with Gasteiger partial charge in [0.1, 0.15) is 0 Å². The monoisotopic (exact) mass is 216 g/mol. The second-order valence-electron chi connectivity index (χ2n) is 4.15. The molecule has 0 radical (unpaired) electrons. The van der Waals surface area contributed by atoms with Crippen molar-refractivity contribution in [2.45, 2.75) is 39.7 Å². The summed E-state index contributed by atoms with van der Waals surface area (Å²) in [5.41, 5.74) is 0. The Hall–Kier alpha value is -0.610. The summed E-state index contributed by atoms with van der Waals surface area (Å²) in [5.74, 6) is 0.222. The smallest absolute Gasteiger partial charge is 0.233 e. The van der Waals surface area contributed by atoms with Crippen molar-refractivity contribution in [1.29, 1.82) is 0 Å². The minimum Gasteiger partial charge on any atom is -0.392 e. The van der Waals surface area contributed by atoms with Crippen LogP contribution in [-0.2, 0) is 4.79 Å². The quantitative estimate of drug-likeness (QED) is 0.518. The number of hydrogen-bond donors (Lipinski definition) is 3. The molecule has 1 unspecified atom stereocenters. The van der Waals surface area contributed by atoms with E-state index in [0.29, 0.717) is 6.54 Å². The largest absolute Gasteiger partial charge is 0.392 e. The summed E-state index contributed by atoms with van der Waals surface area (Å²) in [6.07, 6.45) is 1.72. The van der Waals surface area contributed by atoms with Gasteiger partial charge in [0.15, 0.2) is 0 Å². The highest BCUT2D eigenvalue weighted by Gasteiger charge is 2.08. The fourth-order valence-electron chi connectivity index (χ4n) is 1.04. The molecule has 0 saturated heterocycles. The molecule has 0 spiro atoms. The Morgan fingerprint density at radius 3 is 2.60 bits per heavy atom. The molecule has 0 aliphatic rings. The average molecular weight is 216 g/mol. The first-order valence-corrected chi connectivity index (χ1v) is 5.73. The molecule has 0 fully saturated rings. The highest BCUT2D eigenvalue weighted by atomic mass is 16.3. The van der Waals surface area contributed by atoms with Gasteiger partial charge in [-0.15, -0.1) is 0 Å². The van der Waals surface area contributed by atoms with Crippen molar-refractivity contribution < 1.29 is 9.90 Å². The lowest BCUT2D eigenvalue weighted by molar-refractivity contribution is -0.120. The van der Waals surface area contributed by atoms with Crippen molar-refractivity contribution >= 4 is 5.91 Å². The fraction of sp³-hybridized carbons (Fsp3) is 0.909. The van der Waals surface area contributed by atoms with E-state index in [2.05, 4.69) is 17.6 Å². The predicted octanol–water partition coefficient (Wildman–Crippen LogP) is 0.509. The van der Waals surface area contributed by atoms with Crippen LogP contribution in [0.1, 0.15) is 33.6 Å². The van der Waals surface area contributed by atoms with Gasteiger partial charge in [0.2, 0.25) is 5.91 Å². The number of aliphatic hydroxyl groups is 1. The van der Waals surface area contributed by atoms with Gasteiger partial charge in [-0.25, -0.2) is 0 Å². The Labute approximate surface area is 92.4 Å². The zero-order chi connectivity index (χ0) is 11.7. The second-order valence-corrected chi connectivity index (χ2v) is 4.15. The van der Waals surface area contributed by atoms with E-state index < -0.39 is 0 Å². The zero-order valence-corrected chi connectivity index (χ0v) is 10.0. The summed E-state index contributed by atoms with van der Waals surface area (Å²) in [4.78, 5) is 11.2. The molecule has 90 valence electrons. The van der Waals surface area contributed by atoms with E-state index in [0.717, 1.165) is 19.4 Å². The summed E-state index contributed by atoms with van der Waals surface area (Å²) in [5, 5.41) is 15.2. The molecule has 0 saturated carbocycles. The minimum atomic E-state index is -0.381. The third kappa shape index (κ3) is 8.39. The van der Waals surface area contributed by atoms with Crippen molar-refractivity contribution in [3.05, 3.63) is 0 Å². The lowest BCUT2D eigenvalue weighted by Crippen LogP contribution is -2.38. The number of amides is 1. The van der Waals surface area contributed by atoms with E-state index in [1.807, 2.05) is 13.8 Å². The fourth-order valence-corrected chi connectivity index (χ4v) is 1.04. The number of rotatable bonds is 8. The first-order valence-electron chi connectivity index (χ1n) is 5.73. The Kier molecular flexibility index (Phi) is 8.33. The van der Waals surface area contributed by atoms with Crippen molar-refractivity contribution in [2.24, 2.45) is 5.92 Å². The van der Waals surface area contributed by atoms with E-state index in [4.69, 9.17) is 0 Å². The molecule has 1 atom stereocenters. The van der Waals surface area contributed by atoms with Crippen LogP contribution in [-0.4, -0.2) is 36.8 Å². The van der Waals surface area contributed by atoms with Gasteiger partial charge in [-0.2, -0.15) is 0 Å². The molecule has 0 bridgehead atoms. The first-order chi connectivity index (χ1) is 7.07. The zero-order valence-electron chi connectivity index (χ0n) is 10.0. The van der Waals surface area contributed by atoms with Crippen molar-refractivity contribution in [1.82, 2.24) is 10.6 Å². The van der Waals surface area contributed by atoms with Crippen LogP contribution in [0.4, 0.5) is 0 Å². The lowest BCUT2D eigenvalue weighted by Gasteiger charge is -2.14. The molecule has 0 rings (SSSR count). The van der Waals surface area contributed by atoms with E-state index >= 15 is 0 Å². The van der Waals surface area contributed by atoms with E-state index in [9.17, 15) is 9.90 Å². The molecule has 4 nitrogen and oxygen atoms in total. The van der Waals surface area contributed by atoms with Gasteiger partial charge in [0.25, 0.3) is 0 Å². The van der Waals surface area contributed by atoms with E-state index in [1.165, 1.54) is 0 Å². The maximum atomic E-state index is 11.2. The molecule has 4 heteroatoms. The van der Waals surface area contributed by atoms with Gasteiger partial charge >= 0.3 is 0 Å². The highest BCUT2D eigenvalue weighted by molar-refractivity contribution is 5.77. The summed E-state index contributed by atoms with van der Waals surface area (Å²) in [6, 6.07) is 0. The maximum absolute atomic E-state index is 11.2. The predicted molar refractivity (Wildman–Crippen MR) is 61.6 cm³/mol. The minimum absolute atomic E-state index is 0.000550. The van der Waals surface area contributed by atoms with Gasteiger partial charge in [-0.05, 0) is 12.3 Å². The highest BCUT2D eigenvalue weighted by Crippen LogP contribution is 1.98. The lowest BCUT2D eigenvalue weighted by atomic mass is 10.1. The van der Waals surface area contributed by atoms with Gasteiger partial charge in [-0.3, -0.25) is 4.79 Å². The SMILES string of the molecule is CCCCNC(=O)CNCC(O)C(C)C. The molecular formula is C11H24N2O2. The van der Waals surface area contributed by atoms with Gasteiger partial charge in [0, 0.05) is 13.1 Å². The van der Waals surface area contributed by atoms with Crippen LogP contribution >= 0.6 is 0 Å². The number of aliphatic hydroxyl groups excluding tert-OH is 1. The number of unbranched alkanes of at least 4 members (excludes halogenated alkanes) is 1. The standard InChI is InChI=1S/C11H24N2O2/c1-4-5-6-13-11(15)8-12-7-10(14)9(2)3/h9-10,12,14H,4-8H2,1-3H3,(H,13,15). The molecular weight excluding hydrogens is 192 g/mol. The van der Waals surface area contributed by atoms with Gasteiger partial charge < -0.3 is 15.7 Å². The number of carbonyl (C=O) groups excluding carboxylic acids is 1. The third-order valence-electron chi connectivity index (χ3n) is 2.26. The maximum Gasteiger partial charge on any atom is 0.233 e. The van der Waals surface area contributed by atoms with Crippen LogP contribution in [0.2, 0.25) is 0 Å². The summed E-state index contributed by atoms with van der Waals surface area (Å²) in [7, 11) is 0. The van der Waals surface area contributed by atoms with Gasteiger partial charge in [-0.1, -0.05) is 27.2 Å².